The first-order chi connectivity index (χ1) is 7.76. The highest BCUT2D eigenvalue weighted by Crippen LogP contribution is 2.14. The summed E-state index contributed by atoms with van der Waals surface area (Å²) < 4.78 is 17.8. The Bertz CT molecular complexity index is 175. The summed E-state index contributed by atoms with van der Waals surface area (Å²) in [5.74, 6) is 0. The summed E-state index contributed by atoms with van der Waals surface area (Å²) in [4.78, 5) is 0. The van der Waals surface area contributed by atoms with Gasteiger partial charge in [-0.15, -0.1) is 0 Å². The number of hydrogen-bond donors (Lipinski definition) is 0. The molecule has 0 N–H and O–H groups in total. The molecule has 0 saturated carbocycles. The van der Waals surface area contributed by atoms with Crippen LogP contribution in [-0.4, -0.2) is 63.4 Å². The molecular formula is C12H26NO3+. The van der Waals surface area contributed by atoms with Crippen LogP contribution in [0.4, 0.5) is 0 Å². The van der Waals surface area contributed by atoms with Crippen molar-refractivity contribution < 1.29 is 18.7 Å². The van der Waals surface area contributed by atoms with E-state index in [0.717, 1.165) is 43.9 Å². The summed E-state index contributed by atoms with van der Waals surface area (Å²) >= 11 is 0. The standard InChI is InChI=1S/C12H26NO3/c1-4-13(7-9-14-10-8-13)11-12(15-5-2)16-6-3/h12H,4-11H2,1-3H3/q+1. The fraction of sp³-hybridized carbons (Fsp3) is 1.00. The second kappa shape index (κ2) is 7.22. The van der Waals surface area contributed by atoms with Crippen LogP contribution in [0.2, 0.25) is 0 Å². The minimum Gasteiger partial charge on any atom is -0.370 e. The monoisotopic (exact) mass is 232 g/mol. The summed E-state index contributed by atoms with van der Waals surface area (Å²) in [6.07, 6.45) is -0.0620. The molecule has 16 heavy (non-hydrogen) atoms. The molecule has 0 bridgehead atoms. The normalized spacial score (nSPS) is 20.2. The van der Waals surface area contributed by atoms with Crippen LogP contribution >= 0.6 is 0 Å². The van der Waals surface area contributed by atoms with E-state index >= 15 is 0 Å². The van der Waals surface area contributed by atoms with Gasteiger partial charge < -0.3 is 18.7 Å². The van der Waals surface area contributed by atoms with Crippen LogP contribution in [0.15, 0.2) is 0 Å². The lowest BCUT2D eigenvalue weighted by Gasteiger charge is -2.42. The molecular weight excluding hydrogens is 206 g/mol. The van der Waals surface area contributed by atoms with Crippen molar-refractivity contribution in [2.45, 2.75) is 27.1 Å². The number of morpholine rings is 1. The van der Waals surface area contributed by atoms with Gasteiger partial charge in [0.25, 0.3) is 0 Å². The third-order valence-corrected chi connectivity index (χ3v) is 3.33. The van der Waals surface area contributed by atoms with Crippen LogP contribution < -0.4 is 0 Å². The Morgan fingerprint density at radius 3 is 2.06 bits per heavy atom. The van der Waals surface area contributed by atoms with Crippen LogP contribution in [-0.2, 0) is 14.2 Å². The Hall–Kier alpha value is -0.160. The van der Waals surface area contributed by atoms with E-state index in [1.807, 2.05) is 13.8 Å². The van der Waals surface area contributed by atoms with Crippen molar-refractivity contribution in [2.24, 2.45) is 0 Å². The molecule has 1 heterocycles. The van der Waals surface area contributed by atoms with E-state index in [9.17, 15) is 0 Å². The van der Waals surface area contributed by atoms with E-state index in [2.05, 4.69) is 6.92 Å². The molecule has 0 amide bonds. The molecule has 0 spiro atoms. The molecule has 1 saturated heterocycles. The molecule has 0 radical (unpaired) electrons. The second-order valence-electron chi connectivity index (χ2n) is 4.24. The highest BCUT2D eigenvalue weighted by molar-refractivity contribution is 4.52. The first kappa shape index (κ1) is 13.9. The number of hydrogen-bond acceptors (Lipinski definition) is 3. The Morgan fingerprint density at radius 1 is 1.06 bits per heavy atom. The zero-order chi connectivity index (χ0) is 11.9. The Kier molecular flexibility index (Phi) is 6.28. The van der Waals surface area contributed by atoms with Gasteiger partial charge in [-0.3, -0.25) is 0 Å². The van der Waals surface area contributed by atoms with Crippen molar-refractivity contribution in [3.63, 3.8) is 0 Å². The summed E-state index contributed by atoms with van der Waals surface area (Å²) in [5, 5.41) is 0. The maximum Gasteiger partial charge on any atom is 0.207 e. The van der Waals surface area contributed by atoms with E-state index in [1.165, 1.54) is 0 Å². The number of nitrogens with zero attached hydrogens (tertiary/aromatic N) is 1. The molecule has 0 aliphatic carbocycles. The average Bonchev–Trinajstić information content (AvgIpc) is 2.31. The third-order valence-electron chi connectivity index (χ3n) is 3.33. The van der Waals surface area contributed by atoms with Gasteiger partial charge in [0.15, 0.2) is 0 Å². The molecule has 0 atom stereocenters. The Labute approximate surface area is 99.1 Å². The van der Waals surface area contributed by atoms with E-state index in [1.54, 1.807) is 0 Å². The number of rotatable bonds is 7. The lowest BCUT2D eigenvalue weighted by Crippen LogP contribution is -2.58. The lowest BCUT2D eigenvalue weighted by molar-refractivity contribution is -0.938. The van der Waals surface area contributed by atoms with Crippen molar-refractivity contribution in [3.05, 3.63) is 0 Å². The average molecular weight is 232 g/mol. The first-order valence-corrected chi connectivity index (χ1v) is 6.42. The SMILES string of the molecule is CCOC(C[N+]1(CC)CCOCC1)OCC. The molecule has 1 aliphatic rings. The van der Waals surface area contributed by atoms with Gasteiger partial charge >= 0.3 is 0 Å². The smallest absolute Gasteiger partial charge is 0.207 e. The quantitative estimate of drug-likeness (QED) is 0.488. The molecule has 4 heteroatoms. The van der Waals surface area contributed by atoms with Crippen molar-refractivity contribution >= 4 is 0 Å². The van der Waals surface area contributed by atoms with Gasteiger partial charge in [0, 0.05) is 13.2 Å². The largest absolute Gasteiger partial charge is 0.370 e. The maximum absolute atomic E-state index is 5.63. The predicted molar refractivity (Wildman–Crippen MR) is 63.3 cm³/mol. The summed E-state index contributed by atoms with van der Waals surface area (Å²) in [6, 6.07) is 0. The Balaban J connectivity index is 2.50. The minimum absolute atomic E-state index is 0.0620. The van der Waals surface area contributed by atoms with Gasteiger partial charge in [-0.1, -0.05) is 0 Å². The molecule has 96 valence electrons. The second-order valence-corrected chi connectivity index (χ2v) is 4.24. The van der Waals surface area contributed by atoms with Crippen molar-refractivity contribution in [3.8, 4) is 0 Å². The van der Waals surface area contributed by atoms with Gasteiger partial charge in [-0.05, 0) is 20.8 Å². The number of likely N-dealkylation sites (N-methyl/N-ethyl adjacent to an activating group) is 1. The number of ether oxygens (including phenoxy) is 3. The topological polar surface area (TPSA) is 27.7 Å². The molecule has 0 aromatic carbocycles. The van der Waals surface area contributed by atoms with E-state index in [4.69, 9.17) is 14.2 Å². The zero-order valence-electron chi connectivity index (χ0n) is 10.9. The van der Waals surface area contributed by atoms with Crippen molar-refractivity contribution in [2.75, 3.05) is 52.6 Å². The van der Waals surface area contributed by atoms with Gasteiger partial charge in [-0.2, -0.15) is 0 Å². The zero-order valence-corrected chi connectivity index (χ0v) is 10.9. The van der Waals surface area contributed by atoms with Crippen LogP contribution in [0.1, 0.15) is 20.8 Å². The molecule has 4 nitrogen and oxygen atoms in total. The van der Waals surface area contributed by atoms with Crippen LogP contribution in [0.25, 0.3) is 0 Å². The molecule has 0 unspecified atom stereocenters. The van der Waals surface area contributed by atoms with Crippen LogP contribution in [0.5, 0.6) is 0 Å². The molecule has 1 rings (SSSR count). The first-order valence-electron chi connectivity index (χ1n) is 6.42. The summed E-state index contributed by atoms with van der Waals surface area (Å²) in [5.41, 5.74) is 0. The van der Waals surface area contributed by atoms with Crippen molar-refractivity contribution in [1.29, 1.82) is 0 Å². The molecule has 0 aromatic heterocycles. The Morgan fingerprint density at radius 2 is 1.62 bits per heavy atom. The van der Waals surface area contributed by atoms with Gasteiger partial charge in [-0.25, -0.2) is 0 Å². The highest BCUT2D eigenvalue weighted by atomic mass is 16.7. The van der Waals surface area contributed by atoms with Crippen LogP contribution in [0.3, 0.4) is 0 Å². The summed E-state index contributed by atoms with van der Waals surface area (Å²) in [6.45, 7) is 13.6. The third kappa shape index (κ3) is 4.01. The highest BCUT2D eigenvalue weighted by Gasteiger charge is 2.32. The molecule has 1 fully saturated rings. The summed E-state index contributed by atoms with van der Waals surface area (Å²) in [7, 11) is 0. The van der Waals surface area contributed by atoms with E-state index in [-0.39, 0.29) is 6.29 Å². The van der Waals surface area contributed by atoms with Gasteiger partial charge in [0.05, 0.1) is 19.8 Å². The van der Waals surface area contributed by atoms with Gasteiger partial charge in [0.2, 0.25) is 6.29 Å². The maximum atomic E-state index is 5.63. The minimum atomic E-state index is -0.0620. The fourth-order valence-corrected chi connectivity index (χ4v) is 2.20. The predicted octanol–water partition coefficient (Wildman–Crippen LogP) is 1.25. The van der Waals surface area contributed by atoms with Gasteiger partial charge in [0.1, 0.15) is 19.6 Å². The number of quaternary nitrogens is 1. The lowest BCUT2D eigenvalue weighted by atomic mass is 10.3. The van der Waals surface area contributed by atoms with E-state index in [0.29, 0.717) is 13.2 Å². The molecule has 0 aromatic rings. The van der Waals surface area contributed by atoms with Crippen LogP contribution in [0, 0.1) is 0 Å². The molecule has 1 aliphatic heterocycles. The van der Waals surface area contributed by atoms with Crippen molar-refractivity contribution in [1.82, 2.24) is 0 Å². The fourth-order valence-electron chi connectivity index (χ4n) is 2.20. The van der Waals surface area contributed by atoms with E-state index < -0.39 is 0 Å².